The van der Waals surface area contributed by atoms with Crippen molar-refractivity contribution in [1.29, 1.82) is 0 Å². The van der Waals surface area contributed by atoms with Crippen LogP contribution >= 0.6 is 50.3 Å². The molecule has 1 saturated heterocycles. The minimum Gasteiger partial charge on any atom is -0.493 e. The summed E-state index contributed by atoms with van der Waals surface area (Å²) in [6.45, 7) is 1.47. The Bertz CT molecular complexity index is 1610. The highest BCUT2D eigenvalue weighted by Gasteiger charge is 2.35. The van der Waals surface area contributed by atoms with Crippen LogP contribution in [0.1, 0.15) is 18.1 Å². The summed E-state index contributed by atoms with van der Waals surface area (Å²) < 4.78 is 37.9. The molecule has 1 aliphatic heterocycles. The predicted octanol–water partition coefficient (Wildman–Crippen LogP) is 6.02. The molecule has 0 spiro atoms. The zero-order chi connectivity index (χ0) is 28.3. The van der Waals surface area contributed by atoms with Crippen LogP contribution in [-0.2, 0) is 26.3 Å². The second-order valence-electron chi connectivity index (χ2n) is 8.14. The molecule has 1 fully saturated rings. The largest absolute Gasteiger partial charge is 0.493 e. The van der Waals surface area contributed by atoms with Gasteiger partial charge in [0.25, 0.3) is 11.1 Å². The second kappa shape index (κ2) is 12.1. The number of thioether (sulfide) groups is 1. The first kappa shape index (κ1) is 29.1. The van der Waals surface area contributed by atoms with E-state index in [2.05, 4.69) is 21.2 Å². The fraction of sp³-hybridized carbons (Fsp3) is 0.115. The van der Waals surface area contributed by atoms with Gasteiger partial charge in [-0.15, -0.1) is 0 Å². The third-order valence-corrected chi connectivity index (χ3v) is 9.08. The number of imide groups is 1. The maximum absolute atomic E-state index is 13.0. The average molecular weight is 743 g/mol. The molecule has 0 bridgehead atoms. The van der Waals surface area contributed by atoms with Crippen molar-refractivity contribution in [1.82, 2.24) is 4.90 Å². The summed E-state index contributed by atoms with van der Waals surface area (Å²) in [6, 6.07) is 16.0. The van der Waals surface area contributed by atoms with Gasteiger partial charge in [0.1, 0.15) is 4.90 Å². The molecule has 0 saturated carbocycles. The number of halogens is 2. The van der Waals surface area contributed by atoms with Crippen LogP contribution in [0.3, 0.4) is 0 Å². The fourth-order valence-corrected chi connectivity index (χ4v) is 6.64. The van der Waals surface area contributed by atoms with Crippen molar-refractivity contribution in [3.05, 3.63) is 84.7 Å². The van der Waals surface area contributed by atoms with Crippen molar-refractivity contribution in [3.8, 4) is 11.5 Å². The summed E-state index contributed by atoms with van der Waals surface area (Å²) in [5.74, 6) is -0.613. The molecule has 13 heteroatoms. The van der Waals surface area contributed by atoms with E-state index in [1.807, 2.05) is 46.9 Å². The van der Waals surface area contributed by atoms with Crippen LogP contribution in [0, 0.1) is 3.57 Å². The number of benzene rings is 3. The normalized spacial score (nSPS) is 14.6. The number of hydrogen-bond acceptors (Lipinski definition) is 8. The number of rotatable bonds is 8. The molecule has 0 aliphatic carbocycles. The Labute approximate surface area is 251 Å². The Kier molecular flexibility index (Phi) is 9.03. The molecule has 0 radical (unpaired) electrons. The Morgan fingerprint density at radius 3 is 2.46 bits per heavy atom. The van der Waals surface area contributed by atoms with E-state index in [4.69, 9.17) is 8.92 Å². The Morgan fingerprint density at radius 2 is 1.82 bits per heavy atom. The SMILES string of the molecule is COc1cc(/C=C2\SC(=O)N(Cc3ccccc3Br)C2=O)cc(I)c1OS(=O)(=O)c1ccc(NC(C)=O)cc1. The third kappa shape index (κ3) is 6.83. The van der Waals surface area contributed by atoms with E-state index in [0.29, 0.717) is 14.8 Å². The number of amides is 3. The number of nitrogens with one attached hydrogen (secondary N) is 1. The molecule has 3 aromatic rings. The third-order valence-electron chi connectivity index (χ3n) is 5.37. The van der Waals surface area contributed by atoms with Crippen LogP contribution in [0.25, 0.3) is 6.08 Å². The van der Waals surface area contributed by atoms with Crippen LogP contribution in [0.15, 0.2) is 74.9 Å². The standard InChI is InChI=1S/C26H20BrIN2O7S2/c1-15(31)29-18-7-9-19(10-8-18)39(34,35)37-24-21(28)11-16(12-22(24)36-2)13-23-25(32)30(26(33)38-23)14-17-5-3-4-6-20(17)27/h3-13H,14H2,1-2H3,(H,29,31)/b23-13-. The molecule has 1 aliphatic rings. The van der Waals surface area contributed by atoms with Gasteiger partial charge in [-0.05, 0) is 94.0 Å². The number of hydrogen-bond donors (Lipinski definition) is 1. The van der Waals surface area contributed by atoms with Gasteiger partial charge in [-0.1, -0.05) is 34.1 Å². The first-order valence-electron chi connectivity index (χ1n) is 11.2. The van der Waals surface area contributed by atoms with Gasteiger partial charge in [-0.2, -0.15) is 8.42 Å². The van der Waals surface area contributed by atoms with E-state index in [-0.39, 0.29) is 39.0 Å². The number of carbonyl (C=O) groups is 3. The first-order chi connectivity index (χ1) is 18.5. The second-order valence-corrected chi connectivity index (χ2v) is 12.7. The van der Waals surface area contributed by atoms with Crippen molar-refractivity contribution in [2.75, 3.05) is 12.4 Å². The van der Waals surface area contributed by atoms with Gasteiger partial charge in [0.15, 0.2) is 11.5 Å². The Hall–Kier alpha value is -2.88. The Balaban J connectivity index is 1.57. The van der Waals surface area contributed by atoms with Crippen molar-refractivity contribution >= 4 is 89.2 Å². The Morgan fingerprint density at radius 1 is 1.13 bits per heavy atom. The summed E-state index contributed by atoms with van der Waals surface area (Å²) in [5.41, 5.74) is 1.76. The molecule has 39 heavy (non-hydrogen) atoms. The molecule has 0 aromatic heterocycles. The van der Waals surface area contributed by atoms with Gasteiger partial charge in [0.2, 0.25) is 5.91 Å². The van der Waals surface area contributed by atoms with Gasteiger partial charge in [-0.25, -0.2) is 0 Å². The average Bonchev–Trinajstić information content (AvgIpc) is 3.14. The van der Waals surface area contributed by atoms with Crippen LogP contribution < -0.4 is 14.2 Å². The summed E-state index contributed by atoms with van der Waals surface area (Å²) in [4.78, 5) is 38.1. The monoisotopic (exact) mass is 742 g/mol. The molecule has 0 unspecified atom stereocenters. The molecular weight excluding hydrogens is 723 g/mol. The molecule has 9 nitrogen and oxygen atoms in total. The van der Waals surface area contributed by atoms with Crippen molar-refractivity contribution in [2.24, 2.45) is 0 Å². The molecule has 4 rings (SSSR count). The lowest BCUT2D eigenvalue weighted by Gasteiger charge is -2.14. The highest BCUT2D eigenvalue weighted by molar-refractivity contribution is 14.1. The smallest absolute Gasteiger partial charge is 0.339 e. The van der Waals surface area contributed by atoms with Crippen LogP contribution in [0.5, 0.6) is 11.5 Å². The number of carbonyl (C=O) groups excluding carboxylic acids is 3. The number of nitrogens with zero attached hydrogens (tertiary/aromatic N) is 1. The van der Waals surface area contributed by atoms with Crippen molar-refractivity contribution in [2.45, 2.75) is 18.4 Å². The van der Waals surface area contributed by atoms with E-state index < -0.39 is 16.0 Å². The predicted molar refractivity (Wildman–Crippen MR) is 160 cm³/mol. The van der Waals surface area contributed by atoms with Crippen LogP contribution in [-0.4, -0.2) is 37.5 Å². The molecule has 0 atom stereocenters. The number of anilines is 1. The topological polar surface area (TPSA) is 119 Å². The minimum absolute atomic E-state index is 0.0248. The lowest BCUT2D eigenvalue weighted by Crippen LogP contribution is -2.27. The summed E-state index contributed by atoms with van der Waals surface area (Å²) >= 11 is 6.17. The maximum Gasteiger partial charge on any atom is 0.339 e. The fourth-order valence-electron chi connectivity index (χ4n) is 3.55. The first-order valence-corrected chi connectivity index (χ1v) is 15.3. The molecular formula is C26H20BrIN2O7S2. The van der Waals surface area contributed by atoms with E-state index in [1.165, 1.54) is 49.3 Å². The maximum atomic E-state index is 13.0. The zero-order valence-electron chi connectivity index (χ0n) is 20.4. The van der Waals surface area contributed by atoms with Gasteiger partial charge in [0.05, 0.1) is 22.1 Å². The van der Waals surface area contributed by atoms with E-state index in [0.717, 1.165) is 21.8 Å². The summed E-state index contributed by atoms with van der Waals surface area (Å²) in [6.07, 6.45) is 1.55. The van der Waals surface area contributed by atoms with E-state index in [1.54, 1.807) is 12.1 Å². The highest BCUT2D eigenvalue weighted by Crippen LogP contribution is 2.39. The van der Waals surface area contributed by atoms with Gasteiger partial charge < -0.3 is 14.2 Å². The van der Waals surface area contributed by atoms with E-state index in [9.17, 15) is 22.8 Å². The van der Waals surface area contributed by atoms with Crippen molar-refractivity contribution < 1.29 is 31.7 Å². The number of methoxy groups -OCH3 is 1. The quantitative estimate of drug-likeness (QED) is 0.169. The van der Waals surface area contributed by atoms with E-state index >= 15 is 0 Å². The van der Waals surface area contributed by atoms with Crippen molar-refractivity contribution in [3.63, 3.8) is 0 Å². The van der Waals surface area contributed by atoms with Gasteiger partial charge >= 0.3 is 10.1 Å². The van der Waals surface area contributed by atoms with Gasteiger partial charge in [0, 0.05) is 17.1 Å². The minimum atomic E-state index is -4.23. The summed E-state index contributed by atoms with van der Waals surface area (Å²) in [7, 11) is -2.87. The molecule has 1 heterocycles. The number of ether oxygens (including phenoxy) is 1. The highest BCUT2D eigenvalue weighted by atomic mass is 127. The molecule has 1 N–H and O–H groups in total. The van der Waals surface area contributed by atoms with Crippen LogP contribution in [0.2, 0.25) is 0 Å². The summed E-state index contributed by atoms with van der Waals surface area (Å²) in [5, 5.41) is 2.18. The zero-order valence-corrected chi connectivity index (χ0v) is 25.8. The molecule has 3 aromatic carbocycles. The van der Waals surface area contributed by atoms with Gasteiger partial charge in [-0.3, -0.25) is 19.3 Å². The molecule has 3 amide bonds. The lowest BCUT2D eigenvalue weighted by atomic mass is 10.1. The van der Waals surface area contributed by atoms with Crippen LogP contribution in [0.4, 0.5) is 10.5 Å². The molecule has 202 valence electrons. The lowest BCUT2D eigenvalue weighted by molar-refractivity contribution is -0.123.